The van der Waals surface area contributed by atoms with Crippen LogP contribution < -0.4 is 10.2 Å². The van der Waals surface area contributed by atoms with Crippen molar-refractivity contribution in [2.75, 3.05) is 11.4 Å². The lowest BCUT2D eigenvalue weighted by Gasteiger charge is -2.33. The second kappa shape index (κ2) is 6.94. The third kappa shape index (κ3) is 3.56. The smallest absolute Gasteiger partial charge is 0.249 e. The Kier molecular flexibility index (Phi) is 5.23. The van der Waals surface area contributed by atoms with Crippen molar-refractivity contribution in [1.29, 1.82) is 0 Å². The first kappa shape index (κ1) is 15.8. The molecule has 1 aromatic carbocycles. The molecule has 1 aliphatic rings. The molecule has 0 spiro atoms. The lowest BCUT2D eigenvalue weighted by atomic mass is 10.0. The fourth-order valence-corrected chi connectivity index (χ4v) is 2.66. The van der Waals surface area contributed by atoms with Crippen molar-refractivity contribution in [2.45, 2.75) is 39.2 Å². The Morgan fingerprint density at radius 3 is 2.86 bits per heavy atom. The van der Waals surface area contributed by atoms with Crippen molar-refractivity contribution in [3.8, 4) is 0 Å². The van der Waals surface area contributed by atoms with Crippen LogP contribution in [0, 0.1) is 5.92 Å². The van der Waals surface area contributed by atoms with E-state index in [0.29, 0.717) is 23.7 Å². The number of hydrogen-bond donors (Lipinski definition) is 1. The quantitative estimate of drug-likeness (QED) is 0.929. The molecule has 5 heteroatoms. The number of nitrogens with one attached hydrogen (secondary N) is 1. The van der Waals surface area contributed by atoms with Crippen molar-refractivity contribution >= 4 is 29.1 Å². The highest BCUT2D eigenvalue weighted by Crippen LogP contribution is 2.28. The fraction of sp³-hybridized carbons (Fsp3) is 0.500. The maximum Gasteiger partial charge on any atom is 0.249 e. The molecule has 0 unspecified atom stereocenters. The van der Waals surface area contributed by atoms with E-state index in [1.807, 2.05) is 32.0 Å². The molecule has 0 aromatic heterocycles. The zero-order chi connectivity index (χ0) is 15.4. The number of piperidine rings is 1. The average Bonchev–Trinajstić information content (AvgIpc) is 2.49. The molecule has 1 aliphatic heterocycles. The summed E-state index contributed by atoms with van der Waals surface area (Å²) in [6.45, 7) is 4.47. The van der Waals surface area contributed by atoms with Gasteiger partial charge in [-0.2, -0.15) is 0 Å². The van der Waals surface area contributed by atoms with Gasteiger partial charge < -0.3 is 10.2 Å². The van der Waals surface area contributed by atoms with Gasteiger partial charge in [0.1, 0.15) is 6.04 Å². The molecule has 4 nitrogen and oxygen atoms in total. The second-order valence-electron chi connectivity index (χ2n) is 5.45. The van der Waals surface area contributed by atoms with Crippen LogP contribution in [0.25, 0.3) is 0 Å². The monoisotopic (exact) mass is 308 g/mol. The highest BCUT2D eigenvalue weighted by atomic mass is 35.5. The van der Waals surface area contributed by atoms with Gasteiger partial charge in [-0.3, -0.25) is 9.59 Å². The van der Waals surface area contributed by atoms with Crippen LogP contribution in [-0.2, 0) is 9.59 Å². The van der Waals surface area contributed by atoms with Crippen LogP contribution in [0.15, 0.2) is 24.3 Å². The van der Waals surface area contributed by atoms with E-state index < -0.39 is 6.04 Å². The molecule has 2 rings (SSSR count). The molecule has 1 saturated heterocycles. The Bertz CT molecular complexity index is 533. The molecule has 0 aliphatic carbocycles. The normalized spacial score (nSPS) is 20.2. The van der Waals surface area contributed by atoms with E-state index in [-0.39, 0.29) is 17.7 Å². The van der Waals surface area contributed by atoms with E-state index in [2.05, 4.69) is 5.32 Å². The Balaban J connectivity index is 2.12. The van der Waals surface area contributed by atoms with E-state index in [0.717, 1.165) is 12.8 Å². The van der Waals surface area contributed by atoms with Gasteiger partial charge in [0.05, 0.1) is 10.7 Å². The summed E-state index contributed by atoms with van der Waals surface area (Å²) < 4.78 is 0. The first-order chi connectivity index (χ1) is 10.0. The molecular weight excluding hydrogens is 288 g/mol. The van der Waals surface area contributed by atoms with Gasteiger partial charge >= 0.3 is 0 Å². The maximum absolute atomic E-state index is 12.6. The first-order valence-corrected chi connectivity index (χ1v) is 7.78. The highest BCUT2D eigenvalue weighted by molar-refractivity contribution is 6.33. The van der Waals surface area contributed by atoms with Gasteiger partial charge in [0.15, 0.2) is 0 Å². The number of rotatable bonds is 4. The van der Waals surface area contributed by atoms with Crippen LogP contribution in [0.2, 0.25) is 5.02 Å². The number of carbonyl (C=O) groups excluding carboxylic acids is 2. The summed E-state index contributed by atoms with van der Waals surface area (Å²) in [5.74, 6) is -0.212. The van der Waals surface area contributed by atoms with Crippen molar-refractivity contribution in [3.63, 3.8) is 0 Å². The molecule has 0 saturated carbocycles. The summed E-state index contributed by atoms with van der Waals surface area (Å²) in [5.41, 5.74) is 0.714. The van der Waals surface area contributed by atoms with E-state index in [1.165, 1.54) is 0 Å². The Morgan fingerprint density at radius 1 is 1.48 bits per heavy atom. The SMILES string of the molecule is CC[C@@H](C)C(=O)N[C@@H]1CCCN(c2ccccc2Cl)C1=O. The van der Waals surface area contributed by atoms with Crippen LogP contribution in [0.4, 0.5) is 5.69 Å². The van der Waals surface area contributed by atoms with Crippen LogP contribution in [-0.4, -0.2) is 24.4 Å². The summed E-state index contributed by atoms with van der Waals surface area (Å²) in [7, 11) is 0. The van der Waals surface area contributed by atoms with Crippen molar-refractivity contribution in [2.24, 2.45) is 5.92 Å². The molecular formula is C16H21ClN2O2. The van der Waals surface area contributed by atoms with Crippen LogP contribution in [0.5, 0.6) is 0 Å². The Labute approximate surface area is 130 Å². The zero-order valence-electron chi connectivity index (χ0n) is 12.4. The molecule has 1 fully saturated rings. The predicted molar refractivity (Wildman–Crippen MR) is 84.4 cm³/mol. The van der Waals surface area contributed by atoms with Crippen LogP contribution in [0.3, 0.4) is 0 Å². The minimum atomic E-state index is -0.448. The van der Waals surface area contributed by atoms with Gasteiger partial charge in [-0.05, 0) is 31.4 Å². The minimum Gasteiger partial charge on any atom is -0.344 e. The minimum absolute atomic E-state index is 0.0585. The van der Waals surface area contributed by atoms with E-state index >= 15 is 0 Å². The number of anilines is 1. The molecule has 1 aromatic rings. The lowest BCUT2D eigenvalue weighted by molar-refractivity contribution is -0.130. The zero-order valence-corrected chi connectivity index (χ0v) is 13.2. The van der Waals surface area contributed by atoms with Gasteiger partial charge in [0.25, 0.3) is 0 Å². The fourth-order valence-electron chi connectivity index (χ4n) is 2.42. The average molecular weight is 309 g/mol. The molecule has 2 amide bonds. The molecule has 114 valence electrons. The van der Waals surface area contributed by atoms with Crippen molar-refractivity contribution in [3.05, 3.63) is 29.3 Å². The number of benzene rings is 1. The number of amides is 2. The Hall–Kier alpha value is -1.55. The lowest BCUT2D eigenvalue weighted by Crippen LogP contribution is -2.53. The second-order valence-corrected chi connectivity index (χ2v) is 5.86. The largest absolute Gasteiger partial charge is 0.344 e. The molecule has 1 heterocycles. The number of hydrogen-bond acceptors (Lipinski definition) is 2. The predicted octanol–water partition coefficient (Wildman–Crippen LogP) is 3.00. The van der Waals surface area contributed by atoms with Gasteiger partial charge in [0.2, 0.25) is 11.8 Å². The number of para-hydroxylation sites is 1. The number of nitrogens with zero attached hydrogens (tertiary/aromatic N) is 1. The summed E-state index contributed by atoms with van der Waals surface area (Å²) >= 11 is 6.17. The topological polar surface area (TPSA) is 49.4 Å². The van der Waals surface area contributed by atoms with Gasteiger partial charge in [-0.1, -0.05) is 37.6 Å². The highest BCUT2D eigenvalue weighted by Gasteiger charge is 2.32. The summed E-state index contributed by atoms with van der Waals surface area (Å²) in [4.78, 5) is 26.2. The summed E-state index contributed by atoms with van der Waals surface area (Å²) in [5, 5.41) is 3.42. The Morgan fingerprint density at radius 2 is 2.19 bits per heavy atom. The maximum atomic E-state index is 12.6. The van der Waals surface area contributed by atoms with Crippen molar-refractivity contribution in [1.82, 2.24) is 5.32 Å². The van der Waals surface area contributed by atoms with Gasteiger partial charge in [-0.25, -0.2) is 0 Å². The van der Waals surface area contributed by atoms with E-state index in [4.69, 9.17) is 11.6 Å². The molecule has 21 heavy (non-hydrogen) atoms. The van der Waals surface area contributed by atoms with Gasteiger partial charge in [-0.15, -0.1) is 0 Å². The molecule has 2 atom stereocenters. The van der Waals surface area contributed by atoms with E-state index in [9.17, 15) is 9.59 Å². The molecule has 0 bridgehead atoms. The molecule has 0 radical (unpaired) electrons. The summed E-state index contributed by atoms with van der Waals surface area (Å²) in [6.07, 6.45) is 2.30. The third-order valence-corrected chi connectivity index (χ3v) is 4.28. The first-order valence-electron chi connectivity index (χ1n) is 7.41. The van der Waals surface area contributed by atoms with Crippen molar-refractivity contribution < 1.29 is 9.59 Å². The van der Waals surface area contributed by atoms with E-state index in [1.54, 1.807) is 11.0 Å². The number of carbonyl (C=O) groups is 2. The third-order valence-electron chi connectivity index (χ3n) is 3.96. The summed E-state index contributed by atoms with van der Waals surface area (Å²) in [6, 6.07) is 6.85. The van der Waals surface area contributed by atoms with Crippen LogP contribution >= 0.6 is 11.6 Å². The number of halogens is 1. The molecule has 1 N–H and O–H groups in total. The standard InChI is InChI=1S/C16H21ClN2O2/c1-3-11(2)15(20)18-13-8-6-10-19(16(13)21)14-9-5-4-7-12(14)17/h4-5,7,9,11,13H,3,6,8,10H2,1-2H3,(H,18,20)/t11-,13-/m1/s1. The van der Waals surface area contributed by atoms with Gasteiger partial charge in [0, 0.05) is 12.5 Å². The van der Waals surface area contributed by atoms with Crippen LogP contribution in [0.1, 0.15) is 33.1 Å².